The van der Waals surface area contributed by atoms with Crippen LogP contribution in [0.15, 0.2) is 59.5 Å². The number of morpholine rings is 1. The third-order valence-electron chi connectivity index (χ3n) is 5.35. The van der Waals surface area contributed by atoms with E-state index < -0.39 is 11.5 Å². The van der Waals surface area contributed by atoms with E-state index >= 15 is 0 Å². The molecule has 4 rings (SSSR count). The topological polar surface area (TPSA) is 84.0 Å². The van der Waals surface area contributed by atoms with Crippen molar-refractivity contribution in [3.63, 3.8) is 0 Å². The summed E-state index contributed by atoms with van der Waals surface area (Å²) >= 11 is 0. The van der Waals surface area contributed by atoms with Crippen molar-refractivity contribution in [3.8, 4) is 6.07 Å². The first kappa shape index (κ1) is 20.6. The molecule has 1 saturated heterocycles. The molecule has 158 valence electrons. The lowest BCUT2D eigenvalue weighted by atomic mass is 10.1. The lowest BCUT2D eigenvalue weighted by Crippen LogP contribution is -2.39. The number of rotatable bonds is 6. The van der Waals surface area contributed by atoms with Crippen LogP contribution in [0.1, 0.15) is 27.9 Å². The molecule has 31 heavy (non-hydrogen) atoms. The van der Waals surface area contributed by atoms with Crippen LogP contribution < -0.4 is 10.5 Å². The van der Waals surface area contributed by atoms with Crippen molar-refractivity contribution in [3.05, 3.63) is 81.8 Å². The first-order chi connectivity index (χ1) is 15.2. The highest BCUT2D eigenvalue weighted by atomic mass is 16.5. The maximum atomic E-state index is 13.2. The Balaban J connectivity index is 1.67. The highest BCUT2D eigenvalue weighted by Gasteiger charge is 2.28. The molecule has 0 amide bonds. The number of aromatic nitrogens is 1. The number of benzene rings is 1. The van der Waals surface area contributed by atoms with Gasteiger partial charge in [-0.2, -0.15) is 5.26 Å². The zero-order chi connectivity index (χ0) is 21.6. The number of carbonyl (C=O) groups excluding carboxylic acids is 1. The molecule has 7 heteroatoms. The minimum absolute atomic E-state index is 0.0539. The van der Waals surface area contributed by atoms with Gasteiger partial charge in [-0.3, -0.25) is 9.20 Å². The summed E-state index contributed by atoms with van der Waals surface area (Å²) < 4.78 is 12.4. The van der Waals surface area contributed by atoms with Gasteiger partial charge in [0.15, 0.2) is 0 Å². The van der Waals surface area contributed by atoms with E-state index in [1.165, 1.54) is 9.96 Å². The van der Waals surface area contributed by atoms with Crippen molar-refractivity contribution >= 4 is 17.2 Å². The Morgan fingerprint density at radius 1 is 1.10 bits per heavy atom. The zero-order valence-electron chi connectivity index (χ0n) is 17.1. The van der Waals surface area contributed by atoms with Crippen LogP contribution >= 0.6 is 0 Å². The Morgan fingerprint density at radius 2 is 1.84 bits per heavy atom. The molecule has 1 aliphatic heterocycles. The minimum Gasteiger partial charge on any atom is -0.462 e. The normalized spacial score (nSPS) is 13.7. The number of carbonyl (C=O) groups is 1. The van der Waals surface area contributed by atoms with Crippen molar-refractivity contribution in [2.75, 3.05) is 37.8 Å². The minimum atomic E-state index is -0.533. The Hall–Kier alpha value is -3.63. The number of fused-ring (bicyclic) bond motifs is 1. The summed E-state index contributed by atoms with van der Waals surface area (Å²) in [6, 6.07) is 17.2. The van der Waals surface area contributed by atoms with Crippen LogP contribution in [0.5, 0.6) is 0 Å². The van der Waals surface area contributed by atoms with Crippen molar-refractivity contribution < 1.29 is 14.3 Å². The molecule has 0 unspecified atom stereocenters. The van der Waals surface area contributed by atoms with Crippen LogP contribution in [0.2, 0.25) is 0 Å². The quantitative estimate of drug-likeness (QED) is 0.453. The molecule has 0 N–H and O–H groups in total. The monoisotopic (exact) mass is 417 g/mol. The second kappa shape index (κ2) is 9.45. The standard InChI is InChI=1S/C24H23N3O4/c25-17-19-22(26-12-15-30-16-13-26)21(20-10-4-5-11-27(20)23(19)28)24(29)31-14-6-9-18-7-2-1-3-8-18/h1-5,7-8,10-11H,6,9,12-16H2. The van der Waals surface area contributed by atoms with E-state index in [9.17, 15) is 14.9 Å². The molecule has 3 heterocycles. The summed E-state index contributed by atoms with van der Waals surface area (Å²) in [4.78, 5) is 28.0. The van der Waals surface area contributed by atoms with E-state index in [0.717, 1.165) is 6.42 Å². The molecule has 0 bridgehead atoms. The van der Waals surface area contributed by atoms with Crippen LogP contribution in [0.25, 0.3) is 5.52 Å². The second-order valence-corrected chi connectivity index (χ2v) is 7.30. The highest BCUT2D eigenvalue weighted by molar-refractivity contribution is 6.04. The van der Waals surface area contributed by atoms with Crippen LogP contribution in [-0.4, -0.2) is 43.3 Å². The van der Waals surface area contributed by atoms with Gasteiger partial charge in [0, 0.05) is 19.3 Å². The number of anilines is 1. The van der Waals surface area contributed by atoms with Gasteiger partial charge >= 0.3 is 5.97 Å². The average Bonchev–Trinajstić information content (AvgIpc) is 2.83. The van der Waals surface area contributed by atoms with Gasteiger partial charge in [-0.15, -0.1) is 0 Å². The van der Waals surface area contributed by atoms with Crippen LogP contribution in [-0.2, 0) is 15.9 Å². The molecule has 0 saturated carbocycles. The van der Waals surface area contributed by atoms with E-state index in [2.05, 4.69) is 0 Å². The maximum Gasteiger partial charge on any atom is 0.342 e. The molecule has 1 aromatic carbocycles. The van der Waals surface area contributed by atoms with E-state index in [1.54, 1.807) is 24.4 Å². The van der Waals surface area contributed by atoms with Crippen LogP contribution in [0, 0.1) is 11.3 Å². The van der Waals surface area contributed by atoms with Crippen molar-refractivity contribution in [1.82, 2.24) is 4.40 Å². The third kappa shape index (κ3) is 4.30. The van der Waals surface area contributed by atoms with Gasteiger partial charge in [-0.05, 0) is 30.5 Å². The Labute approximate surface area is 180 Å². The summed E-state index contributed by atoms with van der Waals surface area (Å²) in [6.07, 6.45) is 3.04. The molecule has 0 atom stereocenters. The maximum absolute atomic E-state index is 13.2. The summed E-state index contributed by atoms with van der Waals surface area (Å²) in [5, 5.41) is 9.76. The van der Waals surface area contributed by atoms with E-state index in [1.807, 2.05) is 41.3 Å². The predicted octanol–water partition coefficient (Wildman–Crippen LogP) is 2.80. The van der Waals surface area contributed by atoms with Gasteiger partial charge in [0.2, 0.25) is 0 Å². The van der Waals surface area contributed by atoms with E-state index in [-0.39, 0.29) is 17.7 Å². The fourth-order valence-corrected chi connectivity index (χ4v) is 3.86. The smallest absolute Gasteiger partial charge is 0.342 e. The first-order valence-corrected chi connectivity index (χ1v) is 10.3. The summed E-state index contributed by atoms with van der Waals surface area (Å²) in [6.45, 7) is 2.16. The van der Waals surface area contributed by atoms with Gasteiger partial charge in [0.05, 0.1) is 31.0 Å². The Morgan fingerprint density at radius 3 is 2.58 bits per heavy atom. The SMILES string of the molecule is N#Cc1c(N2CCOCC2)c(C(=O)OCCCc2ccccc2)c2ccccn2c1=O. The molecule has 0 radical (unpaired) electrons. The summed E-state index contributed by atoms with van der Waals surface area (Å²) in [5.74, 6) is -0.533. The van der Waals surface area contributed by atoms with Gasteiger partial charge in [0.25, 0.3) is 5.56 Å². The van der Waals surface area contributed by atoms with E-state index in [0.29, 0.717) is 43.9 Å². The molecule has 1 fully saturated rings. The Kier molecular flexibility index (Phi) is 6.29. The van der Waals surface area contributed by atoms with E-state index in [4.69, 9.17) is 9.47 Å². The van der Waals surface area contributed by atoms with Crippen molar-refractivity contribution in [2.45, 2.75) is 12.8 Å². The molecule has 3 aromatic rings. The zero-order valence-corrected chi connectivity index (χ0v) is 17.1. The lowest BCUT2D eigenvalue weighted by Gasteiger charge is -2.31. The fourth-order valence-electron chi connectivity index (χ4n) is 3.86. The predicted molar refractivity (Wildman–Crippen MR) is 116 cm³/mol. The molecular formula is C24H23N3O4. The van der Waals surface area contributed by atoms with Crippen LogP contribution in [0.4, 0.5) is 5.69 Å². The van der Waals surface area contributed by atoms with Gasteiger partial charge in [-0.1, -0.05) is 36.4 Å². The largest absolute Gasteiger partial charge is 0.462 e. The van der Waals surface area contributed by atoms with Gasteiger partial charge in [0.1, 0.15) is 17.2 Å². The van der Waals surface area contributed by atoms with Crippen molar-refractivity contribution in [1.29, 1.82) is 5.26 Å². The fraction of sp³-hybridized carbons (Fsp3) is 0.292. The molecular weight excluding hydrogens is 394 g/mol. The second-order valence-electron chi connectivity index (χ2n) is 7.30. The molecule has 0 spiro atoms. The average molecular weight is 417 g/mol. The lowest BCUT2D eigenvalue weighted by molar-refractivity contribution is 0.0502. The van der Waals surface area contributed by atoms with Gasteiger partial charge in [-0.25, -0.2) is 4.79 Å². The number of nitriles is 1. The molecule has 7 nitrogen and oxygen atoms in total. The summed E-state index contributed by atoms with van der Waals surface area (Å²) in [5.41, 5.74) is 1.70. The van der Waals surface area contributed by atoms with Crippen molar-refractivity contribution in [2.24, 2.45) is 0 Å². The number of esters is 1. The Bertz CT molecular complexity index is 1180. The number of hydrogen-bond acceptors (Lipinski definition) is 6. The number of nitrogens with zero attached hydrogens (tertiary/aromatic N) is 3. The third-order valence-corrected chi connectivity index (χ3v) is 5.35. The number of pyridine rings is 2. The molecule has 2 aromatic heterocycles. The summed E-state index contributed by atoms with van der Waals surface area (Å²) in [7, 11) is 0. The molecule has 1 aliphatic rings. The number of aryl methyl sites for hydroxylation is 1. The van der Waals surface area contributed by atoms with Gasteiger partial charge < -0.3 is 14.4 Å². The van der Waals surface area contributed by atoms with Crippen LogP contribution in [0.3, 0.4) is 0 Å². The highest BCUT2D eigenvalue weighted by Crippen LogP contribution is 2.28. The number of hydrogen-bond donors (Lipinski definition) is 0. The first-order valence-electron chi connectivity index (χ1n) is 10.3. The number of ether oxygens (including phenoxy) is 2. The molecule has 0 aliphatic carbocycles.